The van der Waals surface area contributed by atoms with Crippen LogP contribution in [0.15, 0.2) is 24.3 Å². The van der Waals surface area contributed by atoms with Gasteiger partial charge < -0.3 is 15.0 Å². The van der Waals surface area contributed by atoms with Gasteiger partial charge in [0.25, 0.3) is 0 Å². The first-order valence-corrected chi connectivity index (χ1v) is 5.21. The van der Waals surface area contributed by atoms with Gasteiger partial charge >= 0.3 is 0 Å². The van der Waals surface area contributed by atoms with E-state index in [1.807, 2.05) is 12.1 Å². The highest BCUT2D eigenvalue weighted by Crippen LogP contribution is 2.11. The lowest BCUT2D eigenvalue weighted by Gasteiger charge is -2.10. The Balaban J connectivity index is 0.00000225. The maximum absolute atomic E-state index is 5.16. The molecule has 0 aliphatic heterocycles. The van der Waals surface area contributed by atoms with Gasteiger partial charge in [0.15, 0.2) is 0 Å². The third kappa shape index (κ3) is 5.95. The molecular weight excluding hydrogens is 224 g/mol. The Labute approximate surface area is 104 Å². The molecule has 0 radical (unpaired) electrons. The molecule has 0 amide bonds. The summed E-state index contributed by atoms with van der Waals surface area (Å²) in [5.74, 6) is 0.918. The lowest BCUT2D eigenvalue weighted by molar-refractivity contribution is 0.399. The number of halogens is 1. The Morgan fingerprint density at radius 3 is 2.69 bits per heavy atom. The van der Waals surface area contributed by atoms with Gasteiger partial charge in [-0.2, -0.15) is 0 Å². The van der Waals surface area contributed by atoms with Crippen LogP contribution in [0.3, 0.4) is 0 Å². The van der Waals surface area contributed by atoms with E-state index >= 15 is 0 Å². The van der Waals surface area contributed by atoms with Crippen LogP contribution in [0.1, 0.15) is 5.56 Å². The molecule has 0 unspecified atom stereocenters. The van der Waals surface area contributed by atoms with Crippen molar-refractivity contribution in [3.05, 3.63) is 29.8 Å². The van der Waals surface area contributed by atoms with E-state index in [0.717, 1.165) is 25.4 Å². The van der Waals surface area contributed by atoms with Crippen molar-refractivity contribution in [3.8, 4) is 5.75 Å². The number of benzene rings is 1. The molecule has 16 heavy (non-hydrogen) atoms. The van der Waals surface area contributed by atoms with Crippen LogP contribution >= 0.6 is 12.4 Å². The Hall–Kier alpha value is -0.770. The molecule has 1 aromatic rings. The summed E-state index contributed by atoms with van der Waals surface area (Å²) >= 11 is 0. The van der Waals surface area contributed by atoms with E-state index in [4.69, 9.17) is 4.74 Å². The molecule has 0 aliphatic rings. The van der Waals surface area contributed by atoms with Crippen molar-refractivity contribution in [2.24, 2.45) is 0 Å². The highest BCUT2D eigenvalue weighted by atomic mass is 35.5. The Kier molecular flexibility index (Phi) is 7.99. The van der Waals surface area contributed by atoms with E-state index in [1.165, 1.54) is 5.56 Å². The summed E-state index contributed by atoms with van der Waals surface area (Å²) in [5.41, 5.74) is 1.26. The molecular formula is C12H21ClN2O. The molecule has 0 heterocycles. The van der Waals surface area contributed by atoms with E-state index in [-0.39, 0.29) is 12.4 Å². The SMILES string of the molecule is COc1cccc(CNCCN(C)C)c1.Cl. The van der Waals surface area contributed by atoms with Gasteiger partial charge in [-0.1, -0.05) is 12.1 Å². The highest BCUT2D eigenvalue weighted by molar-refractivity contribution is 5.85. The maximum Gasteiger partial charge on any atom is 0.119 e. The number of ether oxygens (including phenoxy) is 1. The number of hydrogen-bond acceptors (Lipinski definition) is 3. The van der Waals surface area contributed by atoms with E-state index < -0.39 is 0 Å². The van der Waals surface area contributed by atoms with Crippen molar-refractivity contribution in [1.29, 1.82) is 0 Å². The highest BCUT2D eigenvalue weighted by Gasteiger charge is 1.95. The zero-order chi connectivity index (χ0) is 11.1. The second kappa shape index (κ2) is 8.39. The molecule has 3 nitrogen and oxygen atoms in total. The smallest absolute Gasteiger partial charge is 0.119 e. The van der Waals surface area contributed by atoms with Gasteiger partial charge in [0.2, 0.25) is 0 Å². The molecule has 0 spiro atoms. The van der Waals surface area contributed by atoms with Gasteiger partial charge in [0, 0.05) is 19.6 Å². The Bertz CT molecular complexity index is 292. The van der Waals surface area contributed by atoms with Crippen LogP contribution in [-0.2, 0) is 6.54 Å². The van der Waals surface area contributed by atoms with Crippen LogP contribution in [0.5, 0.6) is 5.75 Å². The van der Waals surface area contributed by atoms with Crippen molar-refractivity contribution < 1.29 is 4.74 Å². The summed E-state index contributed by atoms with van der Waals surface area (Å²) in [7, 11) is 5.85. The molecule has 0 saturated carbocycles. The summed E-state index contributed by atoms with van der Waals surface area (Å²) in [4.78, 5) is 2.17. The van der Waals surface area contributed by atoms with Crippen molar-refractivity contribution in [1.82, 2.24) is 10.2 Å². The van der Waals surface area contributed by atoms with E-state index in [2.05, 4.69) is 36.4 Å². The lowest BCUT2D eigenvalue weighted by atomic mass is 10.2. The van der Waals surface area contributed by atoms with Crippen molar-refractivity contribution in [2.75, 3.05) is 34.3 Å². The molecule has 1 aromatic carbocycles. The number of nitrogens with zero attached hydrogens (tertiary/aromatic N) is 1. The van der Waals surface area contributed by atoms with Crippen molar-refractivity contribution in [2.45, 2.75) is 6.54 Å². The molecule has 92 valence electrons. The third-order valence-corrected chi connectivity index (χ3v) is 2.20. The first-order valence-electron chi connectivity index (χ1n) is 5.21. The summed E-state index contributed by atoms with van der Waals surface area (Å²) < 4.78 is 5.16. The zero-order valence-corrected chi connectivity index (χ0v) is 11.0. The first-order chi connectivity index (χ1) is 7.22. The van der Waals surface area contributed by atoms with Crippen molar-refractivity contribution in [3.63, 3.8) is 0 Å². The standard InChI is InChI=1S/C12H20N2O.ClH/c1-14(2)8-7-13-10-11-5-4-6-12(9-11)15-3;/h4-6,9,13H,7-8,10H2,1-3H3;1H. The summed E-state index contributed by atoms with van der Waals surface area (Å²) in [6, 6.07) is 8.14. The molecule has 4 heteroatoms. The van der Waals surface area contributed by atoms with Gasteiger partial charge in [-0.15, -0.1) is 12.4 Å². The lowest BCUT2D eigenvalue weighted by Crippen LogP contribution is -2.26. The van der Waals surface area contributed by atoms with E-state index in [0.29, 0.717) is 0 Å². The fraction of sp³-hybridized carbons (Fsp3) is 0.500. The van der Waals surface area contributed by atoms with E-state index in [9.17, 15) is 0 Å². The maximum atomic E-state index is 5.16. The second-order valence-electron chi connectivity index (χ2n) is 3.83. The minimum absolute atomic E-state index is 0. The molecule has 0 fully saturated rings. The van der Waals surface area contributed by atoms with Gasteiger partial charge in [-0.25, -0.2) is 0 Å². The van der Waals surface area contributed by atoms with Crippen LogP contribution in [0, 0.1) is 0 Å². The molecule has 0 aliphatic carbocycles. The minimum Gasteiger partial charge on any atom is -0.497 e. The van der Waals surface area contributed by atoms with E-state index in [1.54, 1.807) is 7.11 Å². The van der Waals surface area contributed by atoms with Crippen LogP contribution < -0.4 is 10.1 Å². The fourth-order valence-electron chi connectivity index (χ4n) is 1.32. The quantitative estimate of drug-likeness (QED) is 0.772. The van der Waals surface area contributed by atoms with Gasteiger partial charge in [0.1, 0.15) is 5.75 Å². The van der Waals surface area contributed by atoms with Gasteiger partial charge in [0.05, 0.1) is 7.11 Å². The molecule has 0 aromatic heterocycles. The number of methoxy groups -OCH3 is 1. The average Bonchev–Trinajstić information content (AvgIpc) is 2.24. The van der Waals surface area contributed by atoms with Crippen LogP contribution in [-0.4, -0.2) is 39.2 Å². The Morgan fingerprint density at radius 2 is 2.06 bits per heavy atom. The number of rotatable bonds is 6. The van der Waals surface area contributed by atoms with Gasteiger partial charge in [-0.3, -0.25) is 0 Å². The minimum atomic E-state index is 0. The number of hydrogen-bond donors (Lipinski definition) is 1. The average molecular weight is 245 g/mol. The monoisotopic (exact) mass is 244 g/mol. The Morgan fingerprint density at radius 1 is 1.31 bits per heavy atom. The molecule has 0 bridgehead atoms. The predicted molar refractivity (Wildman–Crippen MR) is 70.5 cm³/mol. The van der Waals surface area contributed by atoms with Crippen LogP contribution in [0.4, 0.5) is 0 Å². The van der Waals surface area contributed by atoms with Crippen LogP contribution in [0.25, 0.3) is 0 Å². The number of likely N-dealkylation sites (N-methyl/N-ethyl adjacent to an activating group) is 1. The largest absolute Gasteiger partial charge is 0.497 e. The molecule has 0 saturated heterocycles. The third-order valence-electron chi connectivity index (χ3n) is 2.20. The molecule has 0 atom stereocenters. The fourth-order valence-corrected chi connectivity index (χ4v) is 1.32. The van der Waals surface area contributed by atoms with Crippen molar-refractivity contribution >= 4 is 12.4 Å². The molecule has 1 rings (SSSR count). The normalized spacial score (nSPS) is 10.0. The summed E-state index contributed by atoms with van der Waals surface area (Å²) in [5, 5.41) is 3.39. The number of nitrogens with one attached hydrogen (secondary N) is 1. The first kappa shape index (κ1) is 15.2. The van der Waals surface area contributed by atoms with Gasteiger partial charge in [-0.05, 0) is 31.8 Å². The predicted octanol–water partition coefficient (Wildman–Crippen LogP) is 1.77. The molecule has 1 N–H and O–H groups in total. The summed E-state index contributed by atoms with van der Waals surface area (Å²) in [6.07, 6.45) is 0. The topological polar surface area (TPSA) is 24.5 Å². The zero-order valence-electron chi connectivity index (χ0n) is 10.2. The summed E-state index contributed by atoms with van der Waals surface area (Å²) in [6.45, 7) is 2.96. The second-order valence-corrected chi connectivity index (χ2v) is 3.83. The van der Waals surface area contributed by atoms with Crippen LogP contribution in [0.2, 0.25) is 0 Å².